The van der Waals surface area contributed by atoms with E-state index in [9.17, 15) is 0 Å². The third-order valence-corrected chi connectivity index (χ3v) is 3.40. The molecule has 0 aromatic carbocycles. The summed E-state index contributed by atoms with van der Waals surface area (Å²) in [5, 5.41) is 4.12. The average Bonchev–Trinajstić information content (AvgIpc) is 2.92. The highest BCUT2D eigenvalue weighted by Gasteiger charge is 2.22. The molecule has 1 aliphatic rings. The maximum Gasteiger partial charge on any atom is 0.257 e. The van der Waals surface area contributed by atoms with Crippen LogP contribution in [0.3, 0.4) is 0 Å². The standard InChI is InChI=1S/C12H17N7/c1-9-5-2-3-7-18(9)11-15-10(13)16-12(17-11)19-8-4-6-14-19/h4,6,8-9H,2-3,5,7H2,1H3,(H2,13,15,16,17). The third-order valence-electron chi connectivity index (χ3n) is 3.40. The van der Waals surface area contributed by atoms with Crippen LogP contribution in [0.2, 0.25) is 0 Å². The predicted molar refractivity (Wildman–Crippen MR) is 72.0 cm³/mol. The van der Waals surface area contributed by atoms with Crippen molar-refractivity contribution in [2.24, 2.45) is 0 Å². The first-order valence-corrected chi connectivity index (χ1v) is 6.52. The topological polar surface area (TPSA) is 85.8 Å². The van der Waals surface area contributed by atoms with Crippen LogP contribution in [0.15, 0.2) is 18.5 Å². The minimum atomic E-state index is 0.230. The Labute approximate surface area is 111 Å². The van der Waals surface area contributed by atoms with Crippen LogP contribution in [-0.4, -0.2) is 37.3 Å². The maximum atomic E-state index is 5.79. The van der Waals surface area contributed by atoms with Gasteiger partial charge in [-0.2, -0.15) is 20.1 Å². The van der Waals surface area contributed by atoms with Gasteiger partial charge in [0.05, 0.1) is 0 Å². The highest BCUT2D eigenvalue weighted by atomic mass is 15.4. The van der Waals surface area contributed by atoms with Crippen molar-refractivity contribution < 1.29 is 0 Å². The van der Waals surface area contributed by atoms with Crippen LogP contribution in [0.25, 0.3) is 5.95 Å². The fourth-order valence-corrected chi connectivity index (χ4v) is 2.38. The quantitative estimate of drug-likeness (QED) is 0.866. The summed E-state index contributed by atoms with van der Waals surface area (Å²) >= 11 is 0. The molecule has 19 heavy (non-hydrogen) atoms. The average molecular weight is 259 g/mol. The molecular weight excluding hydrogens is 242 g/mol. The van der Waals surface area contributed by atoms with Gasteiger partial charge in [-0.05, 0) is 32.3 Å². The van der Waals surface area contributed by atoms with Gasteiger partial charge in [-0.15, -0.1) is 0 Å². The van der Waals surface area contributed by atoms with Gasteiger partial charge in [0.2, 0.25) is 11.9 Å². The summed E-state index contributed by atoms with van der Waals surface area (Å²) in [6.45, 7) is 3.15. The molecule has 0 bridgehead atoms. The van der Waals surface area contributed by atoms with E-state index in [4.69, 9.17) is 5.73 Å². The monoisotopic (exact) mass is 259 g/mol. The zero-order valence-electron chi connectivity index (χ0n) is 10.9. The number of hydrogen-bond donors (Lipinski definition) is 1. The number of nitrogen functional groups attached to an aromatic ring is 1. The van der Waals surface area contributed by atoms with Crippen molar-refractivity contribution in [3.63, 3.8) is 0 Å². The summed E-state index contributed by atoms with van der Waals surface area (Å²) in [5.74, 6) is 1.34. The third kappa shape index (κ3) is 2.35. The van der Waals surface area contributed by atoms with Gasteiger partial charge in [-0.1, -0.05) is 0 Å². The Kier molecular flexibility index (Phi) is 3.02. The van der Waals surface area contributed by atoms with Crippen LogP contribution >= 0.6 is 0 Å². The van der Waals surface area contributed by atoms with E-state index >= 15 is 0 Å². The van der Waals surface area contributed by atoms with E-state index in [1.54, 1.807) is 17.1 Å². The molecule has 0 radical (unpaired) electrons. The van der Waals surface area contributed by atoms with Gasteiger partial charge in [-0.3, -0.25) is 0 Å². The second kappa shape index (κ2) is 4.83. The Morgan fingerprint density at radius 3 is 2.79 bits per heavy atom. The minimum Gasteiger partial charge on any atom is -0.368 e. The molecule has 2 N–H and O–H groups in total. The molecule has 7 nitrogen and oxygen atoms in total. The Balaban J connectivity index is 1.97. The van der Waals surface area contributed by atoms with E-state index in [0.29, 0.717) is 17.9 Å². The zero-order chi connectivity index (χ0) is 13.2. The summed E-state index contributed by atoms with van der Waals surface area (Å²) < 4.78 is 1.59. The zero-order valence-corrected chi connectivity index (χ0v) is 10.9. The highest BCUT2D eigenvalue weighted by molar-refractivity contribution is 5.39. The van der Waals surface area contributed by atoms with Crippen LogP contribution in [0.1, 0.15) is 26.2 Å². The number of aromatic nitrogens is 5. The Morgan fingerprint density at radius 1 is 1.21 bits per heavy atom. The van der Waals surface area contributed by atoms with Crippen molar-refractivity contribution in [1.29, 1.82) is 0 Å². The van der Waals surface area contributed by atoms with E-state index < -0.39 is 0 Å². The Hall–Kier alpha value is -2.18. The van der Waals surface area contributed by atoms with E-state index in [-0.39, 0.29) is 5.95 Å². The predicted octanol–water partition coefficient (Wildman–Crippen LogP) is 1.02. The number of rotatable bonds is 2. The summed E-state index contributed by atoms with van der Waals surface area (Å²) in [6.07, 6.45) is 7.04. The van der Waals surface area contributed by atoms with Gasteiger partial charge in [0.1, 0.15) is 0 Å². The summed E-state index contributed by atoms with van der Waals surface area (Å²) in [6, 6.07) is 2.25. The maximum absolute atomic E-state index is 5.79. The molecule has 3 heterocycles. The number of piperidine rings is 1. The molecule has 3 rings (SSSR count). The largest absolute Gasteiger partial charge is 0.368 e. The lowest BCUT2D eigenvalue weighted by atomic mass is 10.0. The fourth-order valence-electron chi connectivity index (χ4n) is 2.38. The van der Waals surface area contributed by atoms with Crippen LogP contribution in [0.4, 0.5) is 11.9 Å². The van der Waals surface area contributed by atoms with Crippen molar-refractivity contribution in [3.8, 4) is 5.95 Å². The first-order chi connectivity index (χ1) is 9.24. The van der Waals surface area contributed by atoms with E-state index in [0.717, 1.165) is 19.4 Å². The smallest absolute Gasteiger partial charge is 0.257 e. The van der Waals surface area contributed by atoms with Crippen LogP contribution in [0, 0.1) is 0 Å². The van der Waals surface area contributed by atoms with Crippen molar-refractivity contribution in [3.05, 3.63) is 18.5 Å². The molecule has 1 atom stereocenters. The van der Waals surface area contributed by atoms with Gasteiger partial charge >= 0.3 is 0 Å². The molecule has 0 amide bonds. The van der Waals surface area contributed by atoms with E-state index in [2.05, 4.69) is 31.9 Å². The second-order valence-corrected chi connectivity index (χ2v) is 4.78. The fraction of sp³-hybridized carbons (Fsp3) is 0.500. The lowest BCUT2D eigenvalue weighted by Crippen LogP contribution is -2.39. The van der Waals surface area contributed by atoms with Crippen LogP contribution in [0.5, 0.6) is 0 Å². The number of anilines is 2. The van der Waals surface area contributed by atoms with Crippen molar-refractivity contribution in [2.75, 3.05) is 17.2 Å². The molecule has 7 heteroatoms. The number of nitrogens with two attached hydrogens (primary N) is 1. The van der Waals surface area contributed by atoms with Gasteiger partial charge in [0.25, 0.3) is 5.95 Å². The van der Waals surface area contributed by atoms with Gasteiger partial charge in [-0.25, -0.2) is 4.68 Å². The molecule has 0 saturated carbocycles. The minimum absolute atomic E-state index is 0.230. The first-order valence-electron chi connectivity index (χ1n) is 6.52. The first kappa shape index (κ1) is 11.9. The highest BCUT2D eigenvalue weighted by Crippen LogP contribution is 2.22. The molecule has 0 aliphatic carbocycles. The lowest BCUT2D eigenvalue weighted by Gasteiger charge is -2.33. The number of nitrogens with zero attached hydrogens (tertiary/aromatic N) is 6. The van der Waals surface area contributed by atoms with Crippen LogP contribution in [-0.2, 0) is 0 Å². The molecule has 2 aromatic heterocycles. The number of hydrogen-bond acceptors (Lipinski definition) is 6. The van der Waals surface area contributed by atoms with Gasteiger partial charge in [0.15, 0.2) is 0 Å². The van der Waals surface area contributed by atoms with Crippen molar-refractivity contribution in [2.45, 2.75) is 32.2 Å². The second-order valence-electron chi connectivity index (χ2n) is 4.78. The lowest BCUT2D eigenvalue weighted by molar-refractivity contribution is 0.476. The molecule has 1 saturated heterocycles. The van der Waals surface area contributed by atoms with Gasteiger partial charge < -0.3 is 10.6 Å². The summed E-state index contributed by atoms with van der Waals surface area (Å²) in [7, 11) is 0. The molecule has 2 aromatic rings. The molecule has 100 valence electrons. The molecule has 1 unspecified atom stereocenters. The van der Waals surface area contributed by atoms with Gasteiger partial charge in [0, 0.05) is 25.0 Å². The SMILES string of the molecule is CC1CCCCN1c1nc(N)nc(-n2cccn2)n1. The van der Waals surface area contributed by atoms with Crippen LogP contribution < -0.4 is 10.6 Å². The van der Waals surface area contributed by atoms with Crippen molar-refractivity contribution in [1.82, 2.24) is 24.7 Å². The normalized spacial score (nSPS) is 19.6. The van der Waals surface area contributed by atoms with E-state index in [1.807, 2.05) is 6.07 Å². The molecular formula is C12H17N7. The Morgan fingerprint density at radius 2 is 2.05 bits per heavy atom. The van der Waals surface area contributed by atoms with Crippen molar-refractivity contribution >= 4 is 11.9 Å². The molecule has 1 fully saturated rings. The van der Waals surface area contributed by atoms with E-state index in [1.165, 1.54) is 6.42 Å². The molecule has 0 spiro atoms. The summed E-state index contributed by atoms with van der Waals surface area (Å²) in [5.41, 5.74) is 5.79. The Bertz CT molecular complexity index is 551. The summed E-state index contributed by atoms with van der Waals surface area (Å²) in [4.78, 5) is 15.0. The molecule has 1 aliphatic heterocycles.